The number of nitrogens with one attached hydrogen (secondary N) is 1. The molecule has 0 aliphatic heterocycles. The van der Waals surface area contributed by atoms with E-state index in [-0.39, 0.29) is 5.91 Å². The van der Waals surface area contributed by atoms with Crippen molar-refractivity contribution in [3.63, 3.8) is 0 Å². The summed E-state index contributed by atoms with van der Waals surface area (Å²) in [5, 5.41) is 11.1. The summed E-state index contributed by atoms with van der Waals surface area (Å²) < 4.78 is 0. The summed E-state index contributed by atoms with van der Waals surface area (Å²) in [5.74, 6) is -1.01. The zero-order valence-corrected chi connectivity index (χ0v) is 11.1. The molecule has 1 amide bonds. The van der Waals surface area contributed by atoms with Crippen LogP contribution in [0.4, 0.5) is 0 Å². The molecule has 0 unspecified atom stereocenters. The van der Waals surface area contributed by atoms with Gasteiger partial charge in [0.15, 0.2) is 0 Å². The molecule has 0 fully saturated rings. The van der Waals surface area contributed by atoms with Crippen LogP contribution in [-0.4, -0.2) is 42.5 Å². The van der Waals surface area contributed by atoms with Crippen molar-refractivity contribution in [3.05, 3.63) is 41.5 Å². The van der Waals surface area contributed by atoms with Crippen LogP contribution in [0.15, 0.2) is 30.3 Å². The van der Waals surface area contributed by atoms with Gasteiger partial charge in [0.2, 0.25) is 5.91 Å². The first kappa shape index (κ1) is 14.9. The predicted molar refractivity (Wildman–Crippen MR) is 73.5 cm³/mol. The highest BCUT2D eigenvalue weighted by molar-refractivity contribution is 5.85. The SMILES string of the molecule is CNC(=O)CN(C)Cc1cccc(/C=C/C(=O)O)c1. The lowest BCUT2D eigenvalue weighted by Crippen LogP contribution is -2.32. The van der Waals surface area contributed by atoms with Crippen LogP contribution in [0, 0.1) is 0 Å². The first-order valence-corrected chi connectivity index (χ1v) is 5.90. The molecule has 1 aromatic carbocycles. The van der Waals surface area contributed by atoms with Crippen LogP contribution in [0.25, 0.3) is 6.08 Å². The number of carboxylic acids is 1. The Bertz CT molecular complexity index is 483. The Morgan fingerprint density at radius 3 is 2.79 bits per heavy atom. The number of amides is 1. The molecule has 0 aliphatic rings. The van der Waals surface area contributed by atoms with Crippen LogP contribution < -0.4 is 5.32 Å². The minimum atomic E-state index is -0.970. The minimum absolute atomic E-state index is 0.0376. The Hall–Kier alpha value is -2.14. The van der Waals surface area contributed by atoms with Gasteiger partial charge < -0.3 is 10.4 Å². The molecule has 0 saturated carbocycles. The molecule has 0 saturated heterocycles. The van der Waals surface area contributed by atoms with Gasteiger partial charge in [0, 0.05) is 19.7 Å². The lowest BCUT2D eigenvalue weighted by atomic mass is 10.1. The zero-order chi connectivity index (χ0) is 14.3. The van der Waals surface area contributed by atoms with Crippen LogP contribution >= 0.6 is 0 Å². The Balaban J connectivity index is 2.66. The first-order chi connectivity index (χ1) is 9.01. The van der Waals surface area contributed by atoms with Crippen molar-refractivity contribution >= 4 is 18.0 Å². The van der Waals surface area contributed by atoms with Crippen molar-refractivity contribution in [1.29, 1.82) is 0 Å². The maximum absolute atomic E-state index is 11.2. The standard InChI is InChI=1S/C14H18N2O3/c1-15-13(17)10-16(2)9-12-5-3-4-11(8-12)6-7-14(18)19/h3-8H,9-10H2,1-2H3,(H,15,17)(H,18,19)/b7-6+. The summed E-state index contributed by atoms with van der Waals surface area (Å²) in [4.78, 5) is 23.6. The molecule has 102 valence electrons. The van der Waals surface area contributed by atoms with Gasteiger partial charge in [-0.2, -0.15) is 0 Å². The minimum Gasteiger partial charge on any atom is -0.478 e. The number of nitrogens with zero attached hydrogens (tertiary/aromatic N) is 1. The van der Waals surface area contributed by atoms with Crippen LogP contribution in [0.3, 0.4) is 0 Å². The molecular formula is C14H18N2O3. The van der Waals surface area contributed by atoms with E-state index in [1.54, 1.807) is 13.1 Å². The van der Waals surface area contributed by atoms with Gasteiger partial charge in [-0.3, -0.25) is 9.69 Å². The second-order valence-corrected chi connectivity index (χ2v) is 4.26. The van der Waals surface area contributed by atoms with Gasteiger partial charge in [-0.25, -0.2) is 4.79 Å². The smallest absolute Gasteiger partial charge is 0.328 e. The molecule has 0 spiro atoms. The summed E-state index contributed by atoms with van der Waals surface area (Å²) in [7, 11) is 3.46. The van der Waals surface area contributed by atoms with Gasteiger partial charge in [0.05, 0.1) is 6.54 Å². The van der Waals surface area contributed by atoms with E-state index in [1.807, 2.05) is 36.2 Å². The molecule has 5 nitrogen and oxygen atoms in total. The number of benzene rings is 1. The van der Waals surface area contributed by atoms with E-state index in [1.165, 1.54) is 0 Å². The van der Waals surface area contributed by atoms with E-state index in [4.69, 9.17) is 5.11 Å². The van der Waals surface area contributed by atoms with Gasteiger partial charge in [0.1, 0.15) is 0 Å². The number of rotatable bonds is 6. The number of hydrogen-bond acceptors (Lipinski definition) is 3. The molecule has 0 aliphatic carbocycles. The highest BCUT2D eigenvalue weighted by Gasteiger charge is 2.05. The van der Waals surface area contributed by atoms with Gasteiger partial charge in [-0.05, 0) is 24.3 Å². The third-order valence-corrected chi connectivity index (χ3v) is 2.51. The molecule has 19 heavy (non-hydrogen) atoms. The van der Waals surface area contributed by atoms with Gasteiger partial charge in [0.25, 0.3) is 0 Å². The van der Waals surface area contributed by atoms with Gasteiger partial charge >= 0.3 is 5.97 Å². The maximum atomic E-state index is 11.2. The van der Waals surface area contributed by atoms with Gasteiger partial charge in [-0.15, -0.1) is 0 Å². The quantitative estimate of drug-likeness (QED) is 0.749. The molecule has 0 atom stereocenters. The second kappa shape index (κ2) is 7.33. The molecule has 2 N–H and O–H groups in total. The molecule has 1 rings (SSSR count). The lowest BCUT2D eigenvalue weighted by Gasteiger charge is -2.15. The van der Waals surface area contributed by atoms with Crippen molar-refractivity contribution in [2.45, 2.75) is 6.54 Å². The van der Waals surface area contributed by atoms with E-state index in [0.717, 1.165) is 17.2 Å². The molecule has 5 heteroatoms. The largest absolute Gasteiger partial charge is 0.478 e. The van der Waals surface area contributed by atoms with Gasteiger partial charge in [-0.1, -0.05) is 24.3 Å². The first-order valence-electron chi connectivity index (χ1n) is 5.90. The summed E-state index contributed by atoms with van der Waals surface area (Å²) in [5.41, 5.74) is 1.85. The Labute approximate surface area is 112 Å². The fraction of sp³-hybridized carbons (Fsp3) is 0.286. The highest BCUT2D eigenvalue weighted by atomic mass is 16.4. The van der Waals surface area contributed by atoms with Crippen LogP contribution in [0.5, 0.6) is 0 Å². The van der Waals surface area contributed by atoms with Crippen LogP contribution in [0.1, 0.15) is 11.1 Å². The van der Waals surface area contributed by atoms with E-state index >= 15 is 0 Å². The predicted octanol–water partition coefficient (Wildman–Crippen LogP) is 0.962. The van der Waals surface area contributed by atoms with Crippen LogP contribution in [0.2, 0.25) is 0 Å². The Morgan fingerprint density at radius 2 is 2.16 bits per heavy atom. The number of aliphatic carboxylic acids is 1. The Morgan fingerprint density at radius 1 is 1.42 bits per heavy atom. The van der Waals surface area contributed by atoms with Crippen LogP contribution in [-0.2, 0) is 16.1 Å². The molecule has 0 aromatic heterocycles. The monoisotopic (exact) mass is 262 g/mol. The topological polar surface area (TPSA) is 69.6 Å². The number of likely N-dealkylation sites (N-methyl/N-ethyl adjacent to an activating group) is 2. The molecular weight excluding hydrogens is 244 g/mol. The number of carboxylic acid groups (broad SMARTS) is 1. The third-order valence-electron chi connectivity index (χ3n) is 2.51. The number of hydrogen-bond donors (Lipinski definition) is 2. The zero-order valence-electron chi connectivity index (χ0n) is 11.1. The van der Waals surface area contributed by atoms with Crippen molar-refractivity contribution < 1.29 is 14.7 Å². The van der Waals surface area contributed by atoms with E-state index in [9.17, 15) is 9.59 Å². The summed E-state index contributed by atoms with van der Waals surface area (Å²) >= 11 is 0. The summed E-state index contributed by atoms with van der Waals surface area (Å²) in [6.07, 6.45) is 2.65. The normalized spacial score (nSPS) is 10.9. The fourth-order valence-electron chi connectivity index (χ4n) is 1.65. The van der Waals surface area contributed by atoms with E-state index < -0.39 is 5.97 Å². The van der Waals surface area contributed by atoms with E-state index in [2.05, 4.69) is 5.32 Å². The lowest BCUT2D eigenvalue weighted by molar-refractivity contribution is -0.131. The Kier molecular flexibility index (Phi) is 5.75. The molecule has 1 aromatic rings. The molecule has 0 radical (unpaired) electrons. The summed E-state index contributed by atoms with van der Waals surface area (Å²) in [6, 6.07) is 7.55. The van der Waals surface area contributed by atoms with Crippen molar-refractivity contribution in [3.8, 4) is 0 Å². The average Bonchev–Trinajstić information content (AvgIpc) is 2.36. The third kappa shape index (κ3) is 5.83. The fourth-order valence-corrected chi connectivity index (χ4v) is 1.65. The van der Waals surface area contributed by atoms with Crippen molar-refractivity contribution in [1.82, 2.24) is 10.2 Å². The van der Waals surface area contributed by atoms with E-state index in [0.29, 0.717) is 13.1 Å². The maximum Gasteiger partial charge on any atom is 0.328 e. The highest BCUT2D eigenvalue weighted by Crippen LogP contribution is 2.09. The summed E-state index contributed by atoms with van der Waals surface area (Å²) in [6.45, 7) is 0.952. The molecule has 0 heterocycles. The number of carbonyl (C=O) groups excluding carboxylic acids is 1. The molecule has 0 bridgehead atoms. The average molecular weight is 262 g/mol. The number of carbonyl (C=O) groups is 2. The van der Waals surface area contributed by atoms with Crippen molar-refractivity contribution in [2.24, 2.45) is 0 Å². The van der Waals surface area contributed by atoms with Crippen molar-refractivity contribution in [2.75, 3.05) is 20.6 Å². The second-order valence-electron chi connectivity index (χ2n) is 4.26.